The van der Waals surface area contributed by atoms with Crippen molar-refractivity contribution in [3.63, 3.8) is 0 Å². The first-order valence-corrected chi connectivity index (χ1v) is 6.13. The normalized spacial score (nSPS) is 15.6. The van der Waals surface area contributed by atoms with Gasteiger partial charge in [0, 0.05) is 44.4 Å². The molecule has 3 nitrogen and oxygen atoms in total. The highest BCUT2D eigenvalue weighted by Gasteiger charge is 2.33. The minimum absolute atomic E-state index is 0.114. The minimum atomic E-state index is -4.40. The molecule has 0 spiro atoms. The topological polar surface area (TPSA) is 32.5 Å². The largest absolute Gasteiger partial charge is 0.416 e. The molecule has 0 aliphatic carbocycles. The standard InChI is InChI=1S/C14H16F3N3/c1-19-5-2-6-20(8-7-19)10-11-3-4-12(18)9-13(11)14(15,16)17/h2-4,6-9H,5,10,18H2,1H3. The Morgan fingerprint density at radius 3 is 2.65 bits per heavy atom. The molecule has 0 radical (unpaired) electrons. The molecule has 0 aromatic heterocycles. The predicted molar refractivity (Wildman–Crippen MR) is 72.3 cm³/mol. The number of likely N-dealkylation sites (N-methyl/N-ethyl adjacent to an activating group) is 1. The molecule has 0 unspecified atom stereocenters. The van der Waals surface area contributed by atoms with Crippen LogP contribution >= 0.6 is 0 Å². The van der Waals surface area contributed by atoms with Crippen LogP contribution in [0.4, 0.5) is 18.9 Å². The molecule has 1 aliphatic heterocycles. The molecule has 6 heteroatoms. The van der Waals surface area contributed by atoms with Crippen molar-refractivity contribution < 1.29 is 13.2 Å². The monoisotopic (exact) mass is 283 g/mol. The van der Waals surface area contributed by atoms with Crippen LogP contribution in [-0.4, -0.2) is 23.4 Å². The highest BCUT2D eigenvalue weighted by Crippen LogP contribution is 2.34. The number of rotatable bonds is 2. The van der Waals surface area contributed by atoms with Crippen LogP contribution < -0.4 is 5.73 Å². The van der Waals surface area contributed by atoms with Gasteiger partial charge in [0.25, 0.3) is 0 Å². The van der Waals surface area contributed by atoms with Gasteiger partial charge in [0.05, 0.1) is 5.56 Å². The van der Waals surface area contributed by atoms with Gasteiger partial charge in [0.15, 0.2) is 0 Å². The van der Waals surface area contributed by atoms with Gasteiger partial charge in [-0.2, -0.15) is 13.2 Å². The smallest absolute Gasteiger partial charge is 0.399 e. The highest BCUT2D eigenvalue weighted by atomic mass is 19.4. The first kappa shape index (κ1) is 14.3. The molecule has 0 amide bonds. The average Bonchev–Trinajstić information content (AvgIpc) is 2.55. The van der Waals surface area contributed by atoms with E-state index in [2.05, 4.69) is 0 Å². The van der Waals surface area contributed by atoms with E-state index in [1.54, 1.807) is 17.3 Å². The lowest BCUT2D eigenvalue weighted by Crippen LogP contribution is -2.15. The molecule has 1 heterocycles. The molecule has 2 N–H and O–H groups in total. The van der Waals surface area contributed by atoms with Crippen molar-refractivity contribution in [2.75, 3.05) is 19.3 Å². The number of nitrogens with two attached hydrogens (primary N) is 1. The molecular formula is C14H16F3N3. The molecule has 0 fully saturated rings. The second kappa shape index (κ2) is 5.48. The summed E-state index contributed by atoms with van der Waals surface area (Å²) in [6.45, 7) is 0.872. The number of nitrogen functional groups attached to an aromatic ring is 1. The summed E-state index contributed by atoms with van der Waals surface area (Å²) in [6, 6.07) is 3.89. The lowest BCUT2D eigenvalue weighted by Gasteiger charge is -2.19. The highest BCUT2D eigenvalue weighted by molar-refractivity contribution is 5.46. The average molecular weight is 283 g/mol. The number of hydrogen-bond donors (Lipinski definition) is 1. The van der Waals surface area contributed by atoms with Crippen LogP contribution in [0.5, 0.6) is 0 Å². The fraction of sp³-hybridized carbons (Fsp3) is 0.286. The third kappa shape index (κ3) is 3.46. The summed E-state index contributed by atoms with van der Waals surface area (Å²) in [5, 5.41) is 0. The van der Waals surface area contributed by atoms with Crippen molar-refractivity contribution in [2.24, 2.45) is 0 Å². The molecular weight excluding hydrogens is 267 g/mol. The van der Waals surface area contributed by atoms with E-state index in [1.165, 1.54) is 12.1 Å². The molecule has 2 rings (SSSR count). The number of nitrogens with zero attached hydrogens (tertiary/aromatic N) is 2. The van der Waals surface area contributed by atoms with E-state index in [0.29, 0.717) is 0 Å². The summed E-state index contributed by atoms with van der Waals surface area (Å²) in [5.74, 6) is 0. The molecule has 0 saturated carbocycles. The van der Waals surface area contributed by atoms with Crippen LogP contribution in [-0.2, 0) is 12.7 Å². The zero-order valence-electron chi connectivity index (χ0n) is 11.1. The van der Waals surface area contributed by atoms with E-state index < -0.39 is 11.7 Å². The Balaban J connectivity index is 2.27. The van der Waals surface area contributed by atoms with Crippen molar-refractivity contribution >= 4 is 5.69 Å². The van der Waals surface area contributed by atoms with Crippen molar-refractivity contribution in [1.29, 1.82) is 0 Å². The fourth-order valence-corrected chi connectivity index (χ4v) is 1.96. The second-order valence-corrected chi connectivity index (χ2v) is 4.71. The Labute approximate surface area is 115 Å². The first-order valence-electron chi connectivity index (χ1n) is 6.13. The van der Waals surface area contributed by atoms with E-state index >= 15 is 0 Å². The Kier molecular flexibility index (Phi) is 3.92. The third-order valence-corrected chi connectivity index (χ3v) is 3.00. The van der Waals surface area contributed by atoms with Crippen LogP contribution in [0.15, 0.2) is 42.9 Å². The van der Waals surface area contributed by atoms with E-state index in [1.807, 2.05) is 24.2 Å². The molecule has 1 aromatic rings. The van der Waals surface area contributed by atoms with Gasteiger partial charge in [0.2, 0.25) is 0 Å². The zero-order chi connectivity index (χ0) is 14.8. The Bertz CT molecular complexity index is 535. The summed E-state index contributed by atoms with van der Waals surface area (Å²) in [7, 11) is 1.90. The maximum absolute atomic E-state index is 13.0. The number of halogens is 3. The maximum Gasteiger partial charge on any atom is 0.416 e. The van der Waals surface area contributed by atoms with E-state index in [-0.39, 0.29) is 17.8 Å². The zero-order valence-corrected chi connectivity index (χ0v) is 11.1. The molecule has 0 saturated heterocycles. The van der Waals surface area contributed by atoms with Gasteiger partial charge in [0.1, 0.15) is 0 Å². The van der Waals surface area contributed by atoms with Crippen LogP contribution in [0.25, 0.3) is 0 Å². The number of benzene rings is 1. The SMILES string of the molecule is CN1C=CN(Cc2ccc(N)cc2C(F)(F)F)C=CC1. The van der Waals surface area contributed by atoms with Crippen molar-refractivity contribution in [1.82, 2.24) is 9.80 Å². The molecule has 20 heavy (non-hydrogen) atoms. The van der Waals surface area contributed by atoms with Crippen LogP contribution in [0, 0.1) is 0 Å². The quantitative estimate of drug-likeness (QED) is 0.847. The van der Waals surface area contributed by atoms with Gasteiger partial charge in [-0.25, -0.2) is 0 Å². The van der Waals surface area contributed by atoms with Gasteiger partial charge < -0.3 is 15.5 Å². The van der Waals surface area contributed by atoms with Crippen LogP contribution in [0.3, 0.4) is 0 Å². The lowest BCUT2D eigenvalue weighted by molar-refractivity contribution is -0.138. The van der Waals surface area contributed by atoms with Gasteiger partial charge in [-0.05, 0) is 23.8 Å². The van der Waals surface area contributed by atoms with Gasteiger partial charge >= 0.3 is 6.18 Å². The first-order chi connectivity index (χ1) is 9.36. The van der Waals surface area contributed by atoms with Crippen LogP contribution in [0.2, 0.25) is 0 Å². The Morgan fingerprint density at radius 1 is 1.20 bits per heavy atom. The van der Waals surface area contributed by atoms with Gasteiger partial charge in [-0.15, -0.1) is 0 Å². The van der Waals surface area contributed by atoms with Crippen molar-refractivity contribution in [3.05, 3.63) is 54.0 Å². The Hall–Kier alpha value is -2.11. The molecule has 0 bridgehead atoms. The van der Waals surface area contributed by atoms with Crippen molar-refractivity contribution in [3.8, 4) is 0 Å². The number of alkyl halides is 3. The third-order valence-electron chi connectivity index (χ3n) is 3.00. The predicted octanol–water partition coefficient (Wildman–Crippen LogP) is 3.02. The number of hydrogen-bond acceptors (Lipinski definition) is 3. The van der Waals surface area contributed by atoms with E-state index in [4.69, 9.17) is 5.73 Å². The van der Waals surface area contributed by atoms with Crippen molar-refractivity contribution in [2.45, 2.75) is 12.7 Å². The second-order valence-electron chi connectivity index (χ2n) is 4.71. The van der Waals surface area contributed by atoms with Gasteiger partial charge in [-0.1, -0.05) is 6.07 Å². The summed E-state index contributed by atoms with van der Waals surface area (Å²) < 4.78 is 39.0. The molecule has 1 aliphatic rings. The summed E-state index contributed by atoms with van der Waals surface area (Å²) in [4.78, 5) is 3.65. The maximum atomic E-state index is 13.0. The van der Waals surface area contributed by atoms with E-state index in [9.17, 15) is 13.2 Å². The summed E-state index contributed by atoms with van der Waals surface area (Å²) >= 11 is 0. The fourth-order valence-electron chi connectivity index (χ4n) is 1.96. The molecule has 0 atom stereocenters. The lowest BCUT2D eigenvalue weighted by atomic mass is 10.1. The minimum Gasteiger partial charge on any atom is -0.399 e. The van der Waals surface area contributed by atoms with Crippen LogP contribution in [0.1, 0.15) is 11.1 Å². The number of anilines is 1. The molecule has 108 valence electrons. The van der Waals surface area contributed by atoms with Gasteiger partial charge in [-0.3, -0.25) is 0 Å². The summed E-state index contributed by atoms with van der Waals surface area (Å²) in [5.41, 5.74) is 5.08. The Morgan fingerprint density at radius 2 is 1.95 bits per heavy atom. The molecule has 1 aromatic carbocycles. The summed E-state index contributed by atoms with van der Waals surface area (Å²) in [6.07, 6.45) is 2.84. The van der Waals surface area contributed by atoms with E-state index in [0.717, 1.165) is 12.6 Å².